The first-order valence-electron chi connectivity index (χ1n) is 6.97. The molecule has 0 bridgehead atoms. The fourth-order valence-electron chi connectivity index (χ4n) is 1.48. The Labute approximate surface area is 134 Å². The van der Waals surface area contributed by atoms with Crippen molar-refractivity contribution in [1.82, 2.24) is 10.7 Å². The molecule has 0 radical (unpaired) electrons. The Morgan fingerprint density at radius 2 is 2.14 bits per heavy atom. The Morgan fingerprint density at radius 3 is 2.82 bits per heavy atom. The molecule has 6 nitrogen and oxygen atoms in total. The van der Waals surface area contributed by atoms with Crippen LogP contribution in [-0.4, -0.2) is 37.3 Å². The lowest BCUT2D eigenvalue weighted by molar-refractivity contribution is -0.139. The van der Waals surface area contributed by atoms with Gasteiger partial charge in [-0.25, -0.2) is 5.43 Å². The second-order valence-electron chi connectivity index (χ2n) is 4.78. The summed E-state index contributed by atoms with van der Waals surface area (Å²) in [6, 6.07) is 6.95. The SMILES string of the molecule is CC(C)OCCCNC(=O)C(=O)N/N=C\c1cccc(Cl)c1. The van der Waals surface area contributed by atoms with Gasteiger partial charge >= 0.3 is 11.8 Å². The second kappa shape index (κ2) is 9.92. The number of hydrogen-bond donors (Lipinski definition) is 2. The van der Waals surface area contributed by atoms with E-state index in [9.17, 15) is 9.59 Å². The fraction of sp³-hybridized carbons (Fsp3) is 0.400. The summed E-state index contributed by atoms with van der Waals surface area (Å²) in [6.07, 6.45) is 2.20. The number of rotatable bonds is 7. The Kier molecular flexibility index (Phi) is 8.17. The predicted octanol–water partition coefficient (Wildman–Crippen LogP) is 1.72. The van der Waals surface area contributed by atoms with Crippen LogP contribution in [0.25, 0.3) is 0 Å². The monoisotopic (exact) mass is 325 g/mol. The first-order chi connectivity index (χ1) is 10.5. The molecule has 0 saturated carbocycles. The minimum Gasteiger partial charge on any atom is -0.379 e. The Bertz CT molecular complexity index is 533. The number of halogens is 1. The number of benzene rings is 1. The maximum atomic E-state index is 11.5. The van der Waals surface area contributed by atoms with Crippen molar-refractivity contribution < 1.29 is 14.3 Å². The molecule has 0 unspecified atom stereocenters. The van der Waals surface area contributed by atoms with Gasteiger partial charge in [-0.05, 0) is 38.0 Å². The summed E-state index contributed by atoms with van der Waals surface area (Å²) >= 11 is 5.82. The molecule has 0 aliphatic heterocycles. The molecule has 0 atom stereocenters. The molecular formula is C15H20ClN3O3. The number of hydrazone groups is 1. The van der Waals surface area contributed by atoms with Crippen molar-refractivity contribution in [3.05, 3.63) is 34.9 Å². The van der Waals surface area contributed by atoms with Crippen LogP contribution < -0.4 is 10.7 Å². The predicted molar refractivity (Wildman–Crippen MR) is 85.9 cm³/mol. The lowest BCUT2D eigenvalue weighted by Crippen LogP contribution is -2.38. The van der Waals surface area contributed by atoms with Gasteiger partial charge in [-0.1, -0.05) is 23.7 Å². The van der Waals surface area contributed by atoms with Gasteiger partial charge in [-0.2, -0.15) is 5.10 Å². The van der Waals surface area contributed by atoms with E-state index >= 15 is 0 Å². The summed E-state index contributed by atoms with van der Waals surface area (Å²) in [4.78, 5) is 23.0. The molecule has 120 valence electrons. The van der Waals surface area contributed by atoms with Gasteiger partial charge in [-0.15, -0.1) is 0 Å². The van der Waals surface area contributed by atoms with Gasteiger partial charge in [0.05, 0.1) is 12.3 Å². The van der Waals surface area contributed by atoms with Crippen molar-refractivity contribution in [2.75, 3.05) is 13.2 Å². The highest BCUT2D eigenvalue weighted by Gasteiger charge is 2.11. The Balaban J connectivity index is 2.25. The minimum absolute atomic E-state index is 0.153. The molecule has 0 aliphatic rings. The van der Waals surface area contributed by atoms with Crippen molar-refractivity contribution >= 4 is 29.6 Å². The Morgan fingerprint density at radius 1 is 1.36 bits per heavy atom. The van der Waals surface area contributed by atoms with Crippen LogP contribution in [-0.2, 0) is 14.3 Å². The summed E-state index contributed by atoms with van der Waals surface area (Å²) in [5.41, 5.74) is 2.87. The number of amides is 2. The molecule has 0 heterocycles. The zero-order valence-electron chi connectivity index (χ0n) is 12.6. The van der Waals surface area contributed by atoms with E-state index in [1.807, 2.05) is 13.8 Å². The first kappa shape index (κ1) is 18.1. The highest BCUT2D eigenvalue weighted by Crippen LogP contribution is 2.08. The standard InChI is InChI=1S/C15H20ClN3O3/c1-11(2)22-8-4-7-17-14(20)15(21)19-18-10-12-5-3-6-13(16)9-12/h3,5-6,9-11H,4,7-8H2,1-2H3,(H,17,20)(H,19,21)/b18-10-. The number of nitrogens with one attached hydrogen (secondary N) is 2. The van der Waals surface area contributed by atoms with Crippen LogP contribution in [0.1, 0.15) is 25.8 Å². The average molecular weight is 326 g/mol. The molecule has 0 spiro atoms. The molecule has 0 fully saturated rings. The fourth-order valence-corrected chi connectivity index (χ4v) is 1.68. The van der Waals surface area contributed by atoms with Crippen molar-refractivity contribution in [3.8, 4) is 0 Å². The summed E-state index contributed by atoms with van der Waals surface area (Å²) < 4.78 is 5.32. The largest absolute Gasteiger partial charge is 0.379 e. The molecule has 0 aliphatic carbocycles. The van der Waals surface area contributed by atoms with Crippen LogP contribution >= 0.6 is 11.6 Å². The molecule has 7 heteroatoms. The molecule has 22 heavy (non-hydrogen) atoms. The zero-order valence-corrected chi connectivity index (χ0v) is 13.4. The normalized spacial score (nSPS) is 10.9. The van der Waals surface area contributed by atoms with E-state index in [0.29, 0.717) is 24.6 Å². The highest BCUT2D eigenvalue weighted by atomic mass is 35.5. The van der Waals surface area contributed by atoms with E-state index in [1.54, 1.807) is 24.3 Å². The maximum absolute atomic E-state index is 11.5. The van der Waals surface area contributed by atoms with Crippen LogP contribution in [0, 0.1) is 0 Å². The van der Waals surface area contributed by atoms with Crippen LogP contribution in [0.3, 0.4) is 0 Å². The van der Waals surface area contributed by atoms with E-state index in [2.05, 4.69) is 15.8 Å². The molecular weight excluding hydrogens is 306 g/mol. The van der Waals surface area contributed by atoms with Gasteiger partial charge in [0.15, 0.2) is 0 Å². The van der Waals surface area contributed by atoms with Crippen molar-refractivity contribution in [3.63, 3.8) is 0 Å². The van der Waals surface area contributed by atoms with Crippen molar-refractivity contribution in [1.29, 1.82) is 0 Å². The van der Waals surface area contributed by atoms with Crippen molar-refractivity contribution in [2.45, 2.75) is 26.4 Å². The van der Waals surface area contributed by atoms with Crippen LogP contribution in [0.2, 0.25) is 5.02 Å². The quantitative estimate of drug-likeness (QED) is 0.347. The van der Waals surface area contributed by atoms with Crippen molar-refractivity contribution in [2.24, 2.45) is 5.10 Å². The first-order valence-corrected chi connectivity index (χ1v) is 7.35. The molecule has 0 aromatic heterocycles. The van der Waals surface area contributed by atoms with Gasteiger partial charge in [0.1, 0.15) is 0 Å². The third-order valence-corrected chi connectivity index (χ3v) is 2.73. The third kappa shape index (κ3) is 7.75. The number of ether oxygens (including phenoxy) is 1. The number of carbonyl (C=O) groups is 2. The summed E-state index contributed by atoms with van der Waals surface area (Å²) in [5, 5.41) is 6.76. The molecule has 2 amide bonds. The van der Waals surface area contributed by atoms with Crippen LogP contribution in [0.5, 0.6) is 0 Å². The lowest BCUT2D eigenvalue weighted by atomic mass is 10.2. The summed E-state index contributed by atoms with van der Waals surface area (Å²) in [7, 11) is 0. The van der Waals surface area contributed by atoms with E-state index < -0.39 is 11.8 Å². The second-order valence-corrected chi connectivity index (χ2v) is 5.22. The van der Waals surface area contributed by atoms with Gasteiger partial charge in [0.2, 0.25) is 0 Å². The van der Waals surface area contributed by atoms with E-state index in [4.69, 9.17) is 16.3 Å². The minimum atomic E-state index is -0.817. The topological polar surface area (TPSA) is 79.8 Å². The van der Waals surface area contributed by atoms with Gasteiger partial charge < -0.3 is 10.1 Å². The van der Waals surface area contributed by atoms with E-state index in [0.717, 1.165) is 5.56 Å². The van der Waals surface area contributed by atoms with Crippen LogP contribution in [0.15, 0.2) is 29.4 Å². The van der Waals surface area contributed by atoms with E-state index in [-0.39, 0.29) is 6.10 Å². The van der Waals surface area contributed by atoms with Gasteiger partial charge in [0.25, 0.3) is 0 Å². The Hall–Kier alpha value is -1.92. The average Bonchev–Trinajstić information content (AvgIpc) is 2.46. The third-order valence-electron chi connectivity index (χ3n) is 2.49. The highest BCUT2D eigenvalue weighted by molar-refractivity contribution is 6.35. The molecule has 2 N–H and O–H groups in total. The summed E-state index contributed by atoms with van der Waals surface area (Å²) in [6.45, 7) is 4.78. The van der Waals surface area contributed by atoms with Crippen LogP contribution in [0.4, 0.5) is 0 Å². The number of nitrogens with zero attached hydrogens (tertiary/aromatic N) is 1. The number of carbonyl (C=O) groups excluding carboxylic acids is 2. The molecule has 1 rings (SSSR count). The van der Waals surface area contributed by atoms with Gasteiger partial charge in [0, 0.05) is 18.2 Å². The number of hydrogen-bond acceptors (Lipinski definition) is 4. The maximum Gasteiger partial charge on any atom is 0.329 e. The lowest BCUT2D eigenvalue weighted by Gasteiger charge is -2.07. The molecule has 1 aromatic rings. The zero-order chi connectivity index (χ0) is 16.4. The molecule has 1 aromatic carbocycles. The van der Waals surface area contributed by atoms with E-state index in [1.165, 1.54) is 6.21 Å². The summed E-state index contributed by atoms with van der Waals surface area (Å²) in [5.74, 6) is -1.55. The van der Waals surface area contributed by atoms with Gasteiger partial charge in [-0.3, -0.25) is 9.59 Å². The smallest absolute Gasteiger partial charge is 0.329 e. The molecule has 0 saturated heterocycles.